The van der Waals surface area contributed by atoms with Crippen LogP contribution in [-0.4, -0.2) is 20.0 Å². The molecule has 0 fully saturated rings. The van der Waals surface area contributed by atoms with Crippen LogP contribution in [0.25, 0.3) is 0 Å². The Morgan fingerprint density at radius 2 is 2.15 bits per heavy atom. The summed E-state index contributed by atoms with van der Waals surface area (Å²) in [4.78, 5) is 12.4. The largest absolute Gasteiger partial charge is 0.460 e. The Morgan fingerprint density at radius 1 is 1.38 bits per heavy atom. The first kappa shape index (κ1) is 18.2. The number of carbonyl (C=O) groups excluding carboxylic acids is 1. The van der Waals surface area contributed by atoms with Crippen LogP contribution in [0, 0.1) is 11.7 Å². The Hall–Kier alpha value is -2.61. The lowest BCUT2D eigenvalue weighted by atomic mass is 9.97. The zero-order valence-corrected chi connectivity index (χ0v) is 14.8. The van der Waals surface area contributed by atoms with Gasteiger partial charge in [0.25, 0.3) is 0 Å². The first-order valence-electron chi connectivity index (χ1n) is 7.99. The van der Waals surface area contributed by atoms with Gasteiger partial charge in [-0.2, -0.15) is 8.42 Å². The molecule has 0 bridgehead atoms. The molecule has 0 saturated heterocycles. The number of Topliss-reactive ketones (excluding diaryl/α,β-unsaturated/α-hetero) is 1. The second kappa shape index (κ2) is 6.95. The molecule has 1 aromatic rings. The van der Waals surface area contributed by atoms with Crippen molar-refractivity contribution < 1.29 is 26.5 Å². The molecule has 1 aliphatic heterocycles. The van der Waals surface area contributed by atoms with Crippen molar-refractivity contribution in [2.75, 3.05) is 5.75 Å². The summed E-state index contributed by atoms with van der Waals surface area (Å²) >= 11 is 0. The molecule has 2 aliphatic rings. The topological polar surface area (TPSA) is 95.7 Å². The summed E-state index contributed by atoms with van der Waals surface area (Å²) in [6.45, 7) is 1.97. The minimum atomic E-state index is -4.08. The van der Waals surface area contributed by atoms with Crippen molar-refractivity contribution in [1.29, 1.82) is 0 Å². The maximum Gasteiger partial charge on any atom is 0.313 e. The SMILES string of the molecule is C[C@@H]1C=CC=C(CS(=O)(=O)OC2=C(N)OC(c3cccc(F)c3)C2=O)C1. The molecule has 1 aliphatic carbocycles. The van der Waals surface area contributed by atoms with E-state index in [0.717, 1.165) is 6.07 Å². The molecule has 1 heterocycles. The van der Waals surface area contributed by atoms with Crippen LogP contribution in [0.5, 0.6) is 0 Å². The van der Waals surface area contributed by atoms with E-state index in [1.165, 1.54) is 18.2 Å². The van der Waals surface area contributed by atoms with Crippen LogP contribution in [-0.2, 0) is 23.8 Å². The van der Waals surface area contributed by atoms with Gasteiger partial charge in [0.1, 0.15) is 11.6 Å². The van der Waals surface area contributed by atoms with E-state index >= 15 is 0 Å². The number of nitrogens with two attached hydrogens (primary N) is 1. The molecular formula is C18H18FNO5S. The van der Waals surface area contributed by atoms with Gasteiger partial charge in [0.2, 0.25) is 17.4 Å². The number of halogens is 1. The first-order chi connectivity index (χ1) is 12.2. The fourth-order valence-electron chi connectivity index (χ4n) is 2.87. The van der Waals surface area contributed by atoms with Crippen LogP contribution in [0.3, 0.4) is 0 Å². The maximum atomic E-state index is 13.4. The van der Waals surface area contributed by atoms with Crippen molar-refractivity contribution >= 4 is 15.9 Å². The number of benzene rings is 1. The van der Waals surface area contributed by atoms with Gasteiger partial charge in [0.05, 0.1) is 0 Å². The van der Waals surface area contributed by atoms with Crippen LogP contribution < -0.4 is 5.73 Å². The Bertz CT molecular complexity index is 933. The number of ether oxygens (including phenoxy) is 1. The van der Waals surface area contributed by atoms with Crippen LogP contribution in [0.4, 0.5) is 4.39 Å². The normalized spacial score (nSPS) is 23.0. The minimum Gasteiger partial charge on any atom is -0.460 e. The summed E-state index contributed by atoms with van der Waals surface area (Å²) in [5.74, 6) is -2.44. The molecular weight excluding hydrogens is 361 g/mol. The molecule has 1 aromatic carbocycles. The van der Waals surface area contributed by atoms with E-state index in [1.54, 1.807) is 12.2 Å². The molecule has 3 rings (SSSR count). The molecule has 0 saturated carbocycles. The lowest BCUT2D eigenvalue weighted by Gasteiger charge is -2.14. The van der Waals surface area contributed by atoms with E-state index < -0.39 is 39.5 Å². The smallest absolute Gasteiger partial charge is 0.313 e. The lowest BCUT2D eigenvalue weighted by Crippen LogP contribution is -2.19. The fourth-order valence-corrected chi connectivity index (χ4v) is 4.01. The number of hydrogen-bond acceptors (Lipinski definition) is 6. The van der Waals surface area contributed by atoms with Gasteiger partial charge in [0, 0.05) is 5.56 Å². The highest BCUT2D eigenvalue weighted by atomic mass is 32.2. The monoisotopic (exact) mass is 379 g/mol. The molecule has 8 heteroatoms. The Balaban J connectivity index is 1.75. The Morgan fingerprint density at radius 3 is 2.85 bits per heavy atom. The van der Waals surface area contributed by atoms with Gasteiger partial charge in [-0.1, -0.05) is 42.9 Å². The minimum absolute atomic E-state index is 0.225. The molecule has 138 valence electrons. The highest BCUT2D eigenvalue weighted by Gasteiger charge is 2.39. The molecule has 0 aromatic heterocycles. The predicted molar refractivity (Wildman–Crippen MR) is 92.3 cm³/mol. The van der Waals surface area contributed by atoms with Gasteiger partial charge in [0.15, 0.2) is 6.10 Å². The van der Waals surface area contributed by atoms with Crippen molar-refractivity contribution in [2.24, 2.45) is 11.7 Å². The molecule has 0 spiro atoms. The van der Waals surface area contributed by atoms with Crippen molar-refractivity contribution in [3.63, 3.8) is 0 Å². The van der Waals surface area contributed by atoms with Crippen molar-refractivity contribution in [3.05, 3.63) is 71.1 Å². The average Bonchev–Trinajstić information content (AvgIpc) is 2.82. The number of carbonyl (C=O) groups is 1. The van der Waals surface area contributed by atoms with E-state index in [1.807, 2.05) is 13.0 Å². The summed E-state index contributed by atoms with van der Waals surface area (Å²) in [6, 6.07) is 5.23. The van der Waals surface area contributed by atoms with Gasteiger partial charge in [-0.25, -0.2) is 4.39 Å². The summed E-state index contributed by atoms with van der Waals surface area (Å²) in [5.41, 5.74) is 6.52. The summed E-state index contributed by atoms with van der Waals surface area (Å²) in [5, 5.41) is 0. The van der Waals surface area contributed by atoms with Crippen LogP contribution in [0.15, 0.2) is 59.7 Å². The van der Waals surface area contributed by atoms with Gasteiger partial charge >= 0.3 is 10.1 Å². The fraction of sp³-hybridized carbons (Fsp3) is 0.278. The molecule has 1 unspecified atom stereocenters. The lowest BCUT2D eigenvalue weighted by molar-refractivity contribution is -0.123. The summed E-state index contributed by atoms with van der Waals surface area (Å²) in [6.07, 6.45) is 4.82. The Labute approximate surface area is 150 Å². The van der Waals surface area contributed by atoms with Crippen LogP contribution in [0.1, 0.15) is 25.0 Å². The van der Waals surface area contributed by atoms with Crippen LogP contribution in [0.2, 0.25) is 0 Å². The van der Waals surface area contributed by atoms with Gasteiger partial charge in [-0.05, 0) is 24.5 Å². The van der Waals surface area contributed by atoms with Crippen LogP contribution >= 0.6 is 0 Å². The second-order valence-corrected chi connectivity index (χ2v) is 7.86. The number of rotatable bonds is 5. The Kier molecular flexibility index (Phi) is 4.86. The third-order valence-corrected chi connectivity index (χ3v) is 5.16. The summed E-state index contributed by atoms with van der Waals surface area (Å²) < 4.78 is 48.1. The standard InChI is InChI=1S/C18H18FNO5S/c1-11-4-2-5-12(8-11)10-26(22,23)25-17-15(21)16(24-18(17)20)13-6-3-7-14(19)9-13/h2-7,9,11,16H,8,10,20H2,1H3/t11-,16?/m1/s1. The molecule has 6 nitrogen and oxygen atoms in total. The maximum absolute atomic E-state index is 13.4. The van der Waals surface area contributed by atoms with Crippen molar-refractivity contribution in [3.8, 4) is 0 Å². The first-order valence-corrected chi connectivity index (χ1v) is 9.57. The van der Waals surface area contributed by atoms with E-state index in [9.17, 15) is 17.6 Å². The highest BCUT2D eigenvalue weighted by molar-refractivity contribution is 7.87. The van der Waals surface area contributed by atoms with Gasteiger partial charge in [-0.15, -0.1) is 0 Å². The number of hydrogen-bond donors (Lipinski definition) is 1. The average molecular weight is 379 g/mol. The predicted octanol–water partition coefficient (Wildman–Crippen LogP) is 2.46. The van der Waals surface area contributed by atoms with E-state index in [4.69, 9.17) is 14.7 Å². The highest BCUT2D eigenvalue weighted by Crippen LogP contribution is 2.33. The molecule has 0 radical (unpaired) electrons. The van der Waals surface area contributed by atoms with Crippen molar-refractivity contribution in [1.82, 2.24) is 0 Å². The summed E-state index contributed by atoms with van der Waals surface area (Å²) in [7, 11) is -4.08. The quantitative estimate of drug-likeness (QED) is 0.790. The molecule has 2 N–H and O–H groups in total. The van der Waals surface area contributed by atoms with Gasteiger partial charge in [-0.3, -0.25) is 4.79 Å². The van der Waals surface area contributed by atoms with E-state index in [0.29, 0.717) is 12.0 Å². The third-order valence-electron chi connectivity index (χ3n) is 4.01. The van der Waals surface area contributed by atoms with Crippen molar-refractivity contribution in [2.45, 2.75) is 19.4 Å². The zero-order chi connectivity index (χ0) is 18.9. The molecule has 2 atom stereocenters. The van der Waals surface area contributed by atoms with Gasteiger partial charge < -0.3 is 14.7 Å². The third kappa shape index (κ3) is 3.96. The van der Waals surface area contributed by atoms with E-state index in [2.05, 4.69) is 0 Å². The zero-order valence-electron chi connectivity index (χ0n) is 14.0. The second-order valence-electron chi connectivity index (χ2n) is 6.29. The van der Waals surface area contributed by atoms with E-state index in [-0.39, 0.29) is 17.2 Å². The number of ketones is 1. The number of allylic oxidation sites excluding steroid dienone is 3. The molecule has 26 heavy (non-hydrogen) atoms. The molecule has 0 amide bonds.